The van der Waals surface area contributed by atoms with Gasteiger partial charge in [0.25, 0.3) is 0 Å². The first-order chi connectivity index (χ1) is 12.7. The zero-order valence-electron chi connectivity index (χ0n) is 14.9. The highest BCUT2D eigenvalue weighted by atomic mass is 16.5. The molecular formula is C17H24N6O3. The van der Waals surface area contributed by atoms with Crippen molar-refractivity contribution in [2.75, 3.05) is 13.1 Å². The summed E-state index contributed by atoms with van der Waals surface area (Å²) in [6, 6.07) is 1.84. The highest BCUT2D eigenvalue weighted by molar-refractivity contribution is 5.74. The molecule has 2 N–H and O–H groups in total. The van der Waals surface area contributed by atoms with Crippen LogP contribution in [0.3, 0.4) is 0 Å². The van der Waals surface area contributed by atoms with Gasteiger partial charge in [-0.15, -0.1) is 10.2 Å². The van der Waals surface area contributed by atoms with Crippen molar-refractivity contribution in [2.45, 2.75) is 50.7 Å². The second kappa shape index (κ2) is 7.06. The van der Waals surface area contributed by atoms with E-state index in [0.29, 0.717) is 24.8 Å². The number of carbonyl (C=O) groups excluding carboxylic acids is 1. The Balaban J connectivity index is 1.34. The number of hydrogen-bond acceptors (Lipinski definition) is 6. The van der Waals surface area contributed by atoms with Crippen molar-refractivity contribution in [1.29, 1.82) is 0 Å². The van der Waals surface area contributed by atoms with Gasteiger partial charge in [0.1, 0.15) is 23.9 Å². The maximum atomic E-state index is 12.5. The molecule has 1 saturated carbocycles. The number of urea groups is 1. The number of aliphatic hydroxyl groups excluding tert-OH is 1. The summed E-state index contributed by atoms with van der Waals surface area (Å²) >= 11 is 0. The van der Waals surface area contributed by atoms with Gasteiger partial charge in [-0.1, -0.05) is 5.16 Å². The number of nitrogens with zero attached hydrogens (tertiary/aromatic N) is 5. The molecule has 2 aliphatic rings. The number of rotatable bonds is 5. The van der Waals surface area contributed by atoms with Crippen LogP contribution >= 0.6 is 0 Å². The summed E-state index contributed by atoms with van der Waals surface area (Å²) in [5.41, 5.74) is 0.759. The summed E-state index contributed by atoms with van der Waals surface area (Å²) in [4.78, 5) is 14.3. The van der Waals surface area contributed by atoms with Crippen molar-refractivity contribution >= 4 is 6.03 Å². The molecule has 3 heterocycles. The largest absolute Gasteiger partial charge is 0.388 e. The van der Waals surface area contributed by atoms with Gasteiger partial charge in [-0.25, -0.2) is 4.79 Å². The molecule has 0 spiro atoms. The van der Waals surface area contributed by atoms with E-state index < -0.39 is 0 Å². The number of amides is 2. The summed E-state index contributed by atoms with van der Waals surface area (Å²) in [5, 5.41) is 24.4. The fraction of sp³-hybridized carbons (Fsp3) is 0.647. The normalized spacial score (nSPS) is 20.4. The Morgan fingerprint density at radius 1 is 1.35 bits per heavy atom. The van der Waals surface area contributed by atoms with Crippen molar-refractivity contribution < 1.29 is 14.4 Å². The Morgan fingerprint density at radius 3 is 2.92 bits per heavy atom. The number of nitrogens with one attached hydrogen (secondary N) is 1. The van der Waals surface area contributed by atoms with Crippen molar-refractivity contribution in [3.05, 3.63) is 29.2 Å². The molecule has 2 amide bonds. The molecule has 1 aliphatic carbocycles. The molecule has 0 radical (unpaired) electrons. The van der Waals surface area contributed by atoms with Crippen molar-refractivity contribution in [1.82, 2.24) is 30.1 Å². The maximum Gasteiger partial charge on any atom is 0.317 e. The molecule has 1 atom stereocenters. The van der Waals surface area contributed by atoms with Crippen molar-refractivity contribution in [3.8, 4) is 0 Å². The fourth-order valence-corrected chi connectivity index (χ4v) is 3.49. The average molecular weight is 360 g/mol. The third-order valence-electron chi connectivity index (χ3n) is 5.19. The van der Waals surface area contributed by atoms with Gasteiger partial charge in [-0.05, 0) is 25.7 Å². The van der Waals surface area contributed by atoms with E-state index in [1.54, 1.807) is 0 Å². The van der Waals surface area contributed by atoms with Crippen LogP contribution in [-0.4, -0.2) is 49.0 Å². The lowest BCUT2D eigenvalue weighted by Crippen LogP contribution is -2.45. The molecular weight excluding hydrogens is 336 g/mol. The first-order valence-corrected chi connectivity index (χ1v) is 9.13. The van der Waals surface area contributed by atoms with Crippen LogP contribution in [0.5, 0.6) is 0 Å². The van der Waals surface area contributed by atoms with Crippen molar-refractivity contribution in [3.63, 3.8) is 0 Å². The van der Waals surface area contributed by atoms with Crippen LogP contribution in [0.25, 0.3) is 0 Å². The molecule has 2 fully saturated rings. The molecule has 1 saturated heterocycles. The van der Waals surface area contributed by atoms with E-state index >= 15 is 0 Å². The lowest BCUT2D eigenvalue weighted by molar-refractivity contribution is 0.177. The van der Waals surface area contributed by atoms with E-state index in [1.165, 1.54) is 0 Å². The average Bonchev–Trinajstić information content (AvgIpc) is 3.29. The first-order valence-electron chi connectivity index (χ1n) is 9.13. The smallest absolute Gasteiger partial charge is 0.317 e. The number of aliphatic hydroxyl groups is 1. The summed E-state index contributed by atoms with van der Waals surface area (Å²) in [6.07, 6.45) is 4.19. The highest BCUT2D eigenvalue weighted by Crippen LogP contribution is 2.40. The molecule has 2 aromatic heterocycles. The molecule has 9 nitrogen and oxygen atoms in total. The standard InChI is InChI=1S/C17H24N6O3/c1-22-15(10-24)19-20-16(22)12-3-2-6-23(9-12)17(25)18-8-13-7-14(26-21-13)11-4-5-11/h7,11-12,24H,2-6,8-10H2,1H3,(H,18,25). The minimum atomic E-state index is -0.138. The van der Waals surface area contributed by atoms with Crippen LogP contribution in [0.2, 0.25) is 0 Å². The molecule has 1 unspecified atom stereocenters. The number of aromatic nitrogens is 4. The van der Waals surface area contributed by atoms with Crippen LogP contribution in [0, 0.1) is 0 Å². The zero-order valence-corrected chi connectivity index (χ0v) is 14.9. The Labute approximate surface area is 151 Å². The van der Waals surface area contributed by atoms with Gasteiger partial charge < -0.3 is 24.4 Å². The Kier molecular flexibility index (Phi) is 4.62. The molecule has 2 aromatic rings. The third kappa shape index (κ3) is 3.44. The minimum absolute atomic E-state index is 0.102. The van der Waals surface area contributed by atoms with Gasteiger partial charge in [-0.3, -0.25) is 0 Å². The second-order valence-corrected chi connectivity index (χ2v) is 7.13. The van der Waals surface area contributed by atoms with Gasteiger partial charge in [-0.2, -0.15) is 0 Å². The van der Waals surface area contributed by atoms with Crippen LogP contribution in [0.15, 0.2) is 10.6 Å². The molecule has 140 valence electrons. The lowest BCUT2D eigenvalue weighted by Gasteiger charge is -2.32. The Morgan fingerprint density at radius 2 is 2.19 bits per heavy atom. The predicted octanol–water partition coefficient (Wildman–Crippen LogP) is 1.26. The van der Waals surface area contributed by atoms with Crippen LogP contribution in [0.4, 0.5) is 4.79 Å². The molecule has 26 heavy (non-hydrogen) atoms. The van der Waals surface area contributed by atoms with Crippen LogP contribution < -0.4 is 5.32 Å². The molecule has 1 aliphatic heterocycles. The van der Waals surface area contributed by atoms with Gasteiger partial charge in [0.15, 0.2) is 5.82 Å². The number of piperidine rings is 1. The summed E-state index contributed by atoms with van der Waals surface area (Å²) < 4.78 is 7.13. The highest BCUT2D eigenvalue weighted by Gasteiger charge is 2.29. The summed E-state index contributed by atoms with van der Waals surface area (Å²) in [5.74, 6) is 2.93. The monoisotopic (exact) mass is 360 g/mol. The van der Waals surface area contributed by atoms with Gasteiger partial charge in [0.05, 0.1) is 6.54 Å². The number of carbonyl (C=O) groups is 1. The molecule has 0 aromatic carbocycles. The van der Waals surface area contributed by atoms with Crippen molar-refractivity contribution in [2.24, 2.45) is 7.05 Å². The topological polar surface area (TPSA) is 109 Å². The predicted molar refractivity (Wildman–Crippen MR) is 91.2 cm³/mol. The van der Waals surface area contributed by atoms with E-state index in [0.717, 1.165) is 49.5 Å². The Bertz CT molecular complexity index is 781. The van der Waals surface area contributed by atoms with Gasteiger partial charge in [0, 0.05) is 38.0 Å². The SMILES string of the molecule is Cn1c(CO)nnc1C1CCCN(C(=O)NCc2cc(C3CC3)on2)C1. The van der Waals surface area contributed by atoms with Crippen LogP contribution in [0.1, 0.15) is 60.6 Å². The quantitative estimate of drug-likeness (QED) is 0.831. The molecule has 4 rings (SSSR count). The molecule has 9 heteroatoms. The minimum Gasteiger partial charge on any atom is -0.388 e. The Hall–Kier alpha value is -2.42. The van der Waals surface area contributed by atoms with Gasteiger partial charge in [0.2, 0.25) is 0 Å². The summed E-state index contributed by atoms with van der Waals surface area (Å²) in [6.45, 7) is 1.55. The second-order valence-electron chi connectivity index (χ2n) is 7.13. The first kappa shape index (κ1) is 17.0. The number of likely N-dealkylation sites (tertiary alicyclic amines) is 1. The van der Waals surface area contributed by atoms with E-state index in [9.17, 15) is 9.90 Å². The summed E-state index contributed by atoms with van der Waals surface area (Å²) in [7, 11) is 1.85. The number of hydrogen-bond donors (Lipinski definition) is 2. The lowest BCUT2D eigenvalue weighted by atomic mass is 9.97. The van der Waals surface area contributed by atoms with E-state index in [1.807, 2.05) is 22.6 Å². The fourth-order valence-electron chi connectivity index (χ4n) is 3.49. The van der Waals surface area contributed by atoms with Gasteiger partial charge >= 0.3 is 6.03 Å². The van der Waals surface area contributed by atoms with E-state index in [4.69, 9.17) is 4.52 Å². The molecule has 0 bridgehead atoms. The van der Waals surface area contributed by atoms with E-state index in [2.05, 4.69) is 20.7 Å². The zero-order chi connectivity index (χ0) is 18.1. The third-order valence-corrected chi connectivity index (χ3v) is 5.19. The van der Waals surface area contributed by atoms with E-state index in [-0.39, 0.29) is 18.6 Å². The van der Waals surface area contributed by atoms with Crippen LogP contribution in [-0.2, 0) is 20.2 Å². The maximum absolute atomic E-state index is 12.5.